The molecule has 216 valence electrons. The van der Waals surface area contributed by atoms with Gasteiger partial charge >= 0.3 is 6.09 Å². The summed E-state index contributed by atoms with van der Waals surface area (Å²) in [6.07, 6.45) is 1.00. The van der Waals surface area contributed by atoms with Gasteiger partial charge < -0.3 is 30.7 Å². The normalized spacial score (nSPS) is 15.3. The zero-order valence-electron chi connectivity index (χ0n) is 23.2. The van der Waals surface area contributed by atoms with Crippen molar-refractivity contribution in [2.24, 2.45) is 5.92 Å². The number of ether oxygens (including phenoxy) is 1. The molecule has 2 aromatic rings. The van der Waals surface area contributed by atoms with Crippen LogP contribution in [0.4, 0.5) is 4.79 Å². The van der Waals surface area contributed by atoms with Crippen LogP contribution in [0.2, 0.25) is 0 Å². The van der Waals surface area contributed by atoms with Crippen molar-refractivity contribution in [3.05, 3.63) is 71.8 Å². The number of carbonyl (C=O) groups is 4. The third-order valence-electron chi connectivity index (χ3n) is 6.62. The number of rotatable bonds is 14. The van der Waals surface area contributed by atoms with Crippen LogP contribution in [0.1, 0.15) is 44.2 Å². The van der Waals surface area contributed by atoms with Crippen LogP contribution < -0.4 is 16.0 Å². The van der Waals surface area contributed by atoms with E-state index < -0.39 is 36.0 Å². The van der Waals surface area contributed by atoms with Crippen LogP contribution in [0.25, 0.3) is 0 Å². The number of amides is 4. The highest BCUT2D eigenvalue weighted by molar-refractivity contribution is 5.91. The first kappa shape index (κ1) is 30.6. The van der Waals surface area contributed by atoms with Gasteiger partial charge in [0.25, 0.3) is 0 Å². The van der Waals surface area contributed by atoms with Crippen molar-refractivity contribution >= 4 is 23.8 Å². The number of benzene rings is 2. The van der Waals surface area contributed by atoms with Gasteiger partial charge in [0.2, 0.25) is 17.7 Å². The van der Waals surface area contributed by atoms with Gasteiger partial charge in [-0.1, -0.05) is 74.5 Å². The second-order valence-corrected chi connectivity index (χ2v) is 10.5. The zero-order valence-corrected chi connectivity index (χ0v) is 23.2. The molecule has 2 aromatic carbocycles. The second-order valence-electron chi connectivity index (χ2n) is 10.5. The van der Waals surface area contributed by atoms with E-state index in [0.717, 1.165) is 17.5 Å². The summed E-state index contributed by atoms with van der Waals surface area (Å²) in [6, 6.07) is 15.9. The van der Waals surface area contributed by atoms with Gasteiger partial charge in [-0.05, 0) is 29.9 Å². The van der Waals surface area contributed by atoms with Crippen molar-refractivity contribution in [1.29, 1.82) is 0 Å². The Kier molecular flexibility index (Phi) is 12.0. The van der Waals surface area contributed by atoms with Crippen LogP contribution in [-0.2, 0) is 32.1 Å². The second kappa shape index (κ2) is 15.6. The largest absolute Gasteiger partial charge is 0.445 e. The topological polar surface area (TPSA) is 137 Å². The number of nitrogens with one attached hydrogen (secondary N) is 3. The van der Waals surface area contributed by atoms with Crippen molar-refractivity contribution in [1.82, 2.24) is 20.9 Å². The van der Waals surface area contributed by atoms with Crippen molar-refractivity contribution in [2.45, 2.75) is 64.3 Å². The summed E-state index contributed by atoms with van der Waals surface area (Å²) >= 11 is 0. The molecule has 0 spiro atoms. The smallest absolute Gasteiger partial charge is 0.408 e. The van der Waals surface area contributed by atoms with Gasteiger partial charge in [-0.3, -0.25) is 14.4 Å². The molecule has 0 aromatic heterocycles. The van der Waals surface area contributed by atoms with Crippen LogP contribution >= 0.6 is 0 Å². The molecule has 1 heterocycles. The van der Waals surface area contributed by atoms with Crippen molar-refractivity contribution in [2.75, 3.05) is 19.7 Å². The lowest BCUT2D eigenvalue weighted by Crippen LogP contribution is -2.57. The fraction of sp³-hybridized carbons (Fsp3) is 0.467. The van der Waals surface area contributed by atoms with Gasteiger partial charge in [-0.2, -0.15) is 0 Å². The number of aliphatic hydroxyl groups is 1. The summed E-state index contributed by atoms with van der Waals surface area (Å²) in [5.74, 6) is -0.943. The Hall–Kier alpha value is -3.92. The molecule has 1 saturated heterocycles. The Morgan fingerprint density at radius 1 is 0.900 bits per heavy atom. The van der Waals surface area contributed by atoms with Crippen LogP contribution in [0.5, 0.6) is 0 Å². The SMILES string of the molecule is CC(C)C[C@H](NC(=O)OCc1ccccc1)C(=O)N[C@@H](Cc1ccccc1)C(=O)N[C@H](CO)CN1CCCC1=O. The number of likely N-dealkylation sites (tertiary alicyclic amines) is 1. The summed E-state index contributed by atoms with van der Waals surface area (Å²) < 4.78 is 5.31. The third kappa shape index (κ3) is 10.00. The molecule has 0 saturated carbocycles. The molecule has 0 aliphatic carbocycles. The average Bonchev–Trinajstić information content (AvgIpc) is 3.35. The molecule has 0 bridgehead atoms. The molecule has 10 nitrogen and oxygen atoms in total. The number of alkyl carbamates (subject to hydrolysis) is 1. The molecular weight excluding hydrogens is 512 g/mol. The van der Waals surface area contributed by atoms with Crippen molar-refractivity contribution in [3.8, 4) is 0 Å². The monoisotopic (exact) mass is 552 g/mol. The molecule has 0 unspecified atom stereocenters. The molecule has 10 heteroatoms. The van der Waals surface area contributed by atoms with E-state index in [4.69, 9.17) is 4.74 Å². The summed E-state index contributed by atoms with van der Waals surface area (Å²) in [6.45, 7) is 4.33. The average molecular weight is 553 g/mol. The molecule has 40 heavy (non-hydrogen) atoms. The van der Waals surface area contributed by atoms with E-state index in [-0.39, 0.29) is 38.0 Å². The summed E-state index contributed by atoms with van der Waals surface area (Å²) in [5.41, 5.74) is 1.64. The molecule has 1 aliphatic heterocycles. The lowest BCUT2D eigenvalue weighted by molar-refractivity contribution is -0.131. The first-order valence-electron chi connectivity index (χ1n) is 13.8. The highest BCUT2D eigenvalue weighted by atomic mass is 16.5. The summed E-state index contributed by atoms with van der Waals surface area (Å²) in [4.78, 5) is 53.0. The van der Waals surface area contributed by atoms with Gasteiger partial charge in [0.1, 0.15) is 18.7 Å². The van der Waals surface area contributed by atoms with E-state index in [0.29, 0.717) is 19.4 Å². The van der Waals surface area contributed by atoms with Crippen molar-refractivity contribution < 1.29 is 29.0 Å². The number of hydrogen-bond acceptors (Lipinski definition) is 6. The number of nitrogens with zero attached hydrogens (tertiary/aromatic N) is 1. The number of aliphatic hydroxyl groups excluding tert-OH is 1. The minimum absolute atomic E-state index is 0.0106. The van der Waals surface area contributed by atoms with E-state index in [1.165, 1.54) is 0 Å². The summed E-state index contributed by atoms with van der Waals surface area (Å²) in [5, 5.41) is 18.1. The predicted molar refractivity (Wildman–Crippen MR) is 150 cm³/mol. The van der Waals surface area contributed by atoms with Crippen LogP contribution in [0.15, 0.2) is 60.7 Å². The van der Waals surface area contributed by atoms with Crippen molar-refractivity contribution in [3.63, 3.8) is 0 Å². The first-order chi connectivity index (χ1) is 19.2. The van der Waals surface area contributed by atoms with Crippen LogP contribution in [0, 0.1) is 5.92 Å². The maximum Gasteiger partial charge on any atom is 0.408 e. The Balaban J connectivity index is 1.68. The van der Waals surface area contributed by atoms with Gasteiger partial charge in [0.15, 0.2) is 0 Å². The van der Waals surface area contributed by atoms with E-state index in [1.807, 2.05) is 74.5 Å². The maximum atomic E-state index is 13.4. The molecular formula is C30H40N4O6. The molecule has 4 amide bonds. The first-order valence-corrected chi connectivity index (χ1v) is 13.8. The lowest BCUT2D eigenvalue weighted by atomic mass is 10.0. The standard InChI is InChI=1S/C30H40N4O6/c1-21(2)16-25(33-30(39)40-20-23-12-7-4-8-13-23)29(38)32-26(17-22-10-5-3-6-11-22)28(37)31-24(19-35)18-34-15-9-14-27(34)36/h3-8,10-13,21,24-26,35H,9,14-20H2,1-2H3,(H,31,37)(H,32,38)(H,33,39)/t24-,25-,26-/m0/s1. The van der Waals surface area contributed by atoms with Gasteiger partial charge in [-0.25, -0.2) is 4.79 Å². The highest BCUT2D eigenvalue weighted by Gasteiger charge is 2.30. The molecule has 0 radical (unpaired) electrons. The van der Waals surface area contributed by atoms with Gasteiger partial charge in [0, 0.05) is 25.9 Å². The third-order valence-corrected chi connectivity index (χ3v) is 6.62. The van der Waals surface area contributed by atoms with E-state index in [2.05, 4.69) is 16.0 Å². The number of carbonyl (C=O) groups excluding carboxylic acids is 4. The molecule has 1 aliphatic rings. The minimum Gasteiger partial charge on any atom is -0.445 e. The Bertz CT molecular complexity index is 1110. The zero-order chi connectivity index (χ0) is 28.9. The Morgan fingerprint density at radius 2 is 1.52 bits per heavy atom. The fourth-order valence-electron chi connectivity index (χ4n) is 4.56. The molecule has 1 fully saturated rings. The molecule has 3 rings (SSSR count). The van der Waals surface area contributed by atoms with E-state index in [1.54, 1.807) is 4.90 Å². The van der Waals surface area contributed by atoms with Crippen LogP contribution in [0.3, 0.4) is 0 Å². The lowest BCUT2D eigenvalue weighted by Gasteiger charge is -2.27. The summed E-state index contributed by atoms with van der Waals surface area (Å²) in [7, 11) is 0. The van der Waals surface area contributed by atoms with E-state index in [9.17, 15) is 24.3 Å². The molecule has 3 atom stereocenters. The Morgan fingerprint density at radius 3 is 2.10 bits per heavy atom. The van der Waals surface area contributed by atoms with Crippen LogP contribution in [-0.4, -0.2) is 71.6 Å². The fourth-order valence-corrected chi connectivity index (χ4v) is 4.56. The minimum atomic E-state index is -0.977. The van der Waals surface area contributed by atoms with Gasteiger partial charge in [0.05, 0.1) is 12.6 Å². The maximum absolute atomic E-state index is 13.4. The van der Waals surface area contributed by atoms with Gasteiger partial charge in [-0.15, -0.1) is 0 Å². The quantitative estimate of drug-likeness (QED) is 0.284. The highest BCUT2D eigenvalue weighted by Crippen LogP contribution is 2.12. The van der Waals surface area contributed by atoms with E-state index >= 15 is 0 Å². The number of hydrogen-bond donors (Lipinski definition) is 4. The predicted octanol–water partition coefficient (Wildman–Crippen LogP) is 2.15. The molecule has 4 N–H and O–H groups in total. The Labute approximate surface area is 235 Å².